The van der Waals surface area contributed by atoms with E-state index in [1.54, 1.807) is 24.1 Å². The number of aromatic hydroxyl groups is 1. The second-order valence-electron chi connectivity index (χ2n) is 4.23. The summed E-state index contributed by atoms with van der Waals surface area (Å²) in [5.41, 5.74) is 1.23. The highest BCUT2D eigenvalue weighted by atomic mass is 35.5. The standard InChI is InChI=1S/C14H12ClF2NO/c1-18(10-2-5-13(16)14(17)7-10)8-9-6-11(19)3-4-12(9)15/h2-7,19H,8H2,1H3. The maximum Gasteiger partial charge on any atom is 0.160 e. The molecule has 2 nitrogen and oxygen atoms in total. The van der Waals surface area contributed by atoms with Crippen molar-refractivity contribution in [3.8, 4) is 5.75 Å². The average Bonchev–Trinajstić information content (AvgIpc) is 2.37. The monoisotopic (exact) mass is 283 g/mol. The Kier molecular flexibility index (Phi) is 3.90. The molecule has 0 bridgehead atoms. The lowest BCUT2D eigenvalue weighted by Crippen LogP contribution is -2.16. The molecule has 0 saturated carbocycles. The van der Waals surface area contributed by atoms with Gasteiger partial charge in [-0.1, -0.05) is 11.6 Å². The number of benzene rings is 2. The Hall–Kier alpha value is -1.81. The molecule has 2 aromatic rings. The predicted octanol–water partition coefficient (Wildman–Crippen LogP) is 3.96. The molecule has 0 fully saturated rings. The molecule has 0 atom stereocenters. The van der Waals surface area contributed by atoms with E-state index in [0.29, 0.717) is 22.8 Å². The van der Waals surface area contributed by atoms with Crippen molar-refractivity contribution in [2.45, 2.75) is 6.54 Å². The van der Waals surface area contributed by atoms with Crippen LogP contribution in [-0.2, 0) is 6.54 Å². The molecule has 0 heterocycles. The zero-order valence-corrected chi connectivity index (χ0v) is 11.0. The Labute approximate surface area is 114 Å². The van der Waals surface area contributed by atoms with Crippen LogP contribution in [0.4, 0.5) is 14.5 Å². The summed E-state index contributed by atoms with van der Waals surface area (Å²) in [6.45, 7) is 0.373. The highest BCUT2D eigenvalue weighted by Gasteiger charge is 2.09. The smallest absolute Gasteiger partial charge is 0.160 e. The maximum absolute atomic E-state index is 13.2. The van der Waals surface area contributed by atoms with Gasteiger partial charge in [-0.05, 0) is 35.9 Å². The summed E-state index contributed by atoms with van der Waals surface area (Å²) in [7, 11) is 1.73. The molecule has 0 unspecified atom stereocenters. The molecule has 19 heavy (non-hydrogen) atoms. The van der Waals surface area contributed by atoms with Crippen LogP contribution in [0.1, 0.15) is 5.56 Å². The first-order valence-electron chi connectivity index (χ1n) is 5.61. The molecule has 0 saturated heterocycles. The van der Waals surface area contributed by atoms with Crippen molar-refractivity contribution in [2.24, 2.45) is 0 Å². The van der Waals surface area contributed by atoms with Crippen molar-refractivity contribution in [2.75, 3.05) is 11.9 Å². The van der Waals surface area contributed by atoms with Crippen LogP contribution in [0.15, 0.2) is 36.4 Å². The van der Waals surface area contributed by atoms with Gasteiger partial charge >= 0.3 is 0 Å². The molecule has 0 aliphatic heterocycles. The second-order valence-corrected chi connectivity index (χ2v) is 4.64. The first-order chi connectivity index (χ1) is 8.97. The van der Waals surface area contributed by atoms with E-state index < -0.39 is 11.6 Å². The minimum atomic E-state index is -0.897. The van der Waals surface area contributed by atoms with Crippen LogP contribution in [0.25, 0.3) is 0 Å². The molecule has 1 N–H and O–H groups in total. The molecule has 0 radical (unpaired) electrons. The van der Waals surface area contributed by atoms with E-state index in [1.165, 1.54) is 12.1 Å². The van der Waals surface area contributed by atoms with E-state index in [9.17, 15) is 13.9 Å². The molecule has 5 heteroatoms. The van der Waals surface area contributed by atoms with Crippen LogP contribution < -0.4 is 4.90 Å². The first kappa shape index (κ1) is 13.6. The van der Waals surface area contributed by atoms with Gasteiger partial charge in [0.25, 0.3) is 0 Å². The van der Waals surface area contributed by atoms with Gasteiger partial charge in [0, 0.05) is 30.4 Å². The molecule has 0 amide bonds. The summed E-state index contributed by atoms with van der Waals surface area (Å²) in [6.07, 6.45) is 0. The third-order valence-electron chi connectivity index (χ3n) is 2.78. The SMILES string of the molecule is CN(Cc1cc(O)ccc1Cl)c1ccc(F)c(F)c1. The van der Waals surface area contributed by atoms with Crippen LogP contribution in [0.3, 0.4) is 0 Å². The zero-order chi connectivity index (χ0) is 14.0. The number of hydrogen-bond donors (Lipinski definition) is 1. The Morgan fingerprint density at radius 2 is 1.84 bits per heavy atom. The van der Waals surface area contributed by atoms with E-state index in [2.05, 4.69) is 0 Å². The van der Waals surface area contributed by atoms with E-state index >= 15 is 0 Å². The lowest BCUT2D eigenvalue weighted by molar-refractivity contribution is 0.474. The fraction of sp³-hybridized carbons (Fsp3) is 0.143. The van der Waals surface area contributed by atoms with E-state index in [-0.39, 0.29) is 5.75 Å². The van der Waals surface area contributed by atoms with Crippen molar-refractivity contribution in [1.82, 2.24) is 0 Å². The van der Waals surface area contributed by atoms with Gasteiger partial charge in [-0.2, -0.15) is 0 Å². The molecule has 100 valence electrons. The zero-order valence-electron chi connectivity index (χ0n) is 10.2. The number of anilines is 1. The Balaban J connectivity index is 2.22. The summed E-state index contributed by atoms with van der Waals surface area (Å²) in [5, 5.41) is 9.92. The topological polar surface area (TPSA) is 23.5 Å². The molecular formula is C14H12ClF2NO. The highest BCUT2D eigenvalue weighted by molar-refractivity contribution is 6.31. The lowest BCUT2D eigenvalue weighted by atomic mass is 10.2. The number of phenolic OH excluding ortho intramolecular Hbond substituents is 1. The number of rotatable bonds is 3. The summed E-state index contributed by atoms with van der Waals surface area (Å²) in [6, 6.07) is 8.29. The van der Waals surface area contributed by atoms with Crippen LogP contribution >= 0.6 is 11.6 Å². The normalized spacial score (nSPS) is 10.5. The molecule has 2 aromatic carbocycles. The van der Waals surface area contributed by atoms with Gasteiger partial charge in [0.05, 0.1) is 0 Å². The molecular weight excluding hydrogens is 272 g/mol. The van der Waals surface area contributed by atoms with Gasteiger partial charge in [-0.3, -0.25) is 0 Å². The van der Waals surface area contributed by atoms with Crippen LogP contribution in [0, 0.1) is 11.6 Å². The van der Waals surface area contributed by atoms with Gasteiger partial charge in [0.15, 0.2) is 11.6 Å². The fourth-order valence-electron chi connectivity index (χ4n) is 1.75. The highest BCUT2D eigenvalue weighted by Crippen LogP contribution is 2.25. The largest absolute Gasteiger partial charge is 0.508 e. The average molecular weight is 284 g/mol. The van der Waals surface area contributed by atoms with Crippen molar-refractivity contribution < 1.29 is 13.9 Å². The van der Waals surface area contributed by atoms with Crippen molar-refractivity contribution in [3.05, 3.63) is 58.6 Å². The minimum Gasteiger partial charge on any atom is -0.508 e. The molecule has 0 spiro atoms. The summed E-state index contributed by atoms with van der Waals surface area (Å²) in [5.74, 6) is -1.67. The quantitative estimate of drug-likeness (QED) is 0.922. The van der Waals surface area contributed by atoms with Gasteiger partial charge in [-0.25, -0.2) is 8.78 Å². The van der Waals surface area contributed by atoms with Gasteiger partial charge < -0.3 is 10.0 Å². The Morgan fingerprint density at radius 1 is 1.11 bits per heavy atom. The minimum absolute atomic E-state index is 0.109. The Morgan fingerprint density at radius 3 is 2.53 bits per heavy atom. The summed E-state index contributed by atoms with van der Waals surface area (Å²) < 4.78 is 26.0. The molecule has 0 aliphatic carbocycles. The van der Waals surface area contributed by atoms with Gasteiger partial charge in [0.2, 0.25) is 0 Å². The summed E-state index contributed by atoms with van der Waals surface area (Å²) in [4.78, 5) is 1.71. The van der Waals surface area contributed by atoms with E-state index in [1.807, 2.05) is 0 Å². The third kappa shape index (κ3) is 3.15. The third-order valence-corrected chi connectivity index (χ3v) is 3.15. The molecule has 2 rings (SSSR count). The van der Waals surface area contributed by atoms with Crippen molar-refractivity contribution in [3.63, 3.8) is 0 Å². The van der Waals surface area contributed by atoms with Crippen LogP contribution in [-0.4, -0.2) is 12.2 Å². The van der Waals surface area contributed by atoms with Crippen molar-refractivity contribution in [1.29, 1.82) is 0 Å². The van der Waals surface area contributed by atoms with Gasteiger partial charge in [0.1, 0.15) is 5.75 Å². The maximum atomic E-state index is 13.2. The number of nitrogens with zero attached hydrogens (tertiary/aromatic N) is 1. The predicted molar refractivity (Wildman–Crippen MR) is 71.6 cm³/mol. The van der Waals surface area contributed by atoms with E-state index in [4.69, 9.17) is 11.6 Å². The van der Waals surface area contributed by atoms with Gasteiger partial charge in [-0.15, -0.1) is 0 Å². The van der Waals surface area contributed by atoms with Crippen LogP contribution in [0.5, 0.6) is 5.75 Å². The second kappa shape index (κ2) is 5.45. The first-order valence-corrected chi connectivity index (χ1v) is 5.99. The molecule has 0 aliphatic rings. The van der Waals surface area contributed by atoms with Crippen LogP contribution in [0.2, 0.25) is 5.02 Å². The Bertz CT molecular complexity index is 604. The number of halogens is 3. The van der Waals surface area contributed by atoms with E-state index in [0.717, 1.165) is 12.1 Å². The lowest BCUT2D eigenvalue weighted by Gasteiger charge is -2.20. The number of hydrogen-bond acceptors (Lipinski definition) is 2. The number of phenols is 1. The summed E-state index contributed by atoms with van der Waals surface area (Å²) >= 11 is 6.01. The molecule has 0 aromatic heterocycles. The van der Waals surface area contributed by atoms with Crippen molar-refractivity contribution >= 4 is 17.3 Å². The fourth-order valence-corrected chi connectivity index (χ4v) is 1.93.